The van der Waals surface area contributed by atoms with Gasteiger partial charge in [0.05, 0.1) is 0 Å². The Morgan fingerprint density at radius 1 is 0.698 bits per heavy atom. The van der Waals surface area contributed by atoms with Crippen LogP contribution < -0.4 is 5.73 Å². The number of hydrogen-bond donors (Lipinski definition) is 3. The van der Waals surface area contributed by atoms with Gasteiger partial charge in [0, 0.05) is 61.4 Å². The Labute approximate surface area is 343 Å². The Bertz CT molecular complexity index is 1540. The zero-order chi connectivity index (χ0) is 39.9. The molecular formula is C45H74Cl3NO3S. The summed E-state index contributed by atoms with van der Waals surface area (Å²) >= 11 is 13.4. The van der Waals surface area contributed by atoms with Crippen LogP contribution in [0.5, 0.6) is 0 Å². The molecule has 0 spiro atoms. The van der Waals surface area contributed by atoms with Gasteiger partial charge in [0.2, 0.25) is 0 Å². The van der Waals surface area contributed by atoms with E-state index < -0.39 is 21.8 Å². The van der Waals surface area contributed by atoms with Crippen LogP contribution in [0.2, 0.25) is 10.0 Å². The maximum absolute atomic E-state index is 13.1. The molecule has 2 saturated carbocycles. The normalized spacial score (nSPS) is 24.3. The molecule has 8 heteroatoms. The molecule has 0 saturated heterocycles. The van der Waals surface area contributed by atoms with Crippen molar-refractivity contribution >= 4 is 46.4 Å². The number of aliphatic hydroxyl groups is 2. The second-order valence-corrected chi connectivity index (χ2v) is 23.5. The number of nitrogens with two attached hydrogens (primary N) is 1. The van der Waals surface area contributed by atoms with E-state index in [4.69, 9.17) is 28.9 Å². The molecule has 0 heterocycles. The lowest BCUT2D eigenvalue weighted by Gasteiger charge is -2.41. The van der Waals surface area contributed by atoms with Crippen molar-refractivity contribution < 1.29 is 14.4 Å². The van der Waals surface area contributed by atoms with E-state index in [9.17, 15) is 14.4 Å². The van der Waals surface area contributed by atoms with Crippen LogP contribution in [0.15, 0.2) is 36.4 Å². The summed E-state index contributed by atoms with van der Waals surface area (Å²) in [4.78, 5) is 0. The molecule has 0 bridgehead atoms. The minimum Gasteiger partial charge on any atom is -0.396 e. The minimum absolute atomic E-state index is 0. The Kier molecular flexibility index (Phi) is 16.3. The Morgan fingerprint density at radius 3 is 1.38 bits per heavy atom. The lowest BCUT2D eigenvalue weighted by Crippen LogP contribution is -2.45. The van der Waals surface area contributed by atoms with Gasteiger partial charge in [-0.25, -0.2) is 0 Å². The molecule has 4 nitrogen and oxygen atoms in total. The molecule has 4 rings (SSSR count). The van der Waals surface area contributed by atoms with E-state index in [1.165, 1.54) is 24.0 Å². The van der Waals surface area contributed by atoms with Gasteiger partial charge in [-0.05, 0) is 127 Å². The van der Waals surface area contributed by atoms with Crippen molar-refractivity contribution in [3.05, 3.63) is 68.7 Å². The molecule has 0 amide bonds. The van der Waals surface area contributed by atoms with E-state index in [1.807, 2.05) is 33.8 Å². The van der Waals surface area contributed by atoms with Crippen LogP contribution in [0, 0.1) is 46.3 Å². The van der Waals surface area contributed by atoms with Crippen molar-refractivity contribution in [3.63, 3.8) is 0 Å². The maximum Gasteiger partial charge on any atom is 0.0482 e. The summed E-state index contributed by atoms with van der Waals surface area (Å²) in [7, 11) is -1.03. The van der Waals surface area contributed by atoms with Crippen LogP contribution in [0.4, 0.5) is 0 Å². The lowest BCUT2D eigenvalue weighted by atomic mass is 9.68. The van der Waals surface area contributed by atoms with Crippen molar-refractivity contribution in [1.29, 1.82) is 0 Å². The van der Waals surface area contributed by atoms with Gasteiger partial charge in [0.15, 0.2) is 0 Å². The third kappa shape index (κ3) is 11.5. The molecule has 0 radical (unpaired) electrons. The molecule has 53 heavy (non-hydrogen) atoms. The second-order valence-electron chi connectivity index (χ2n) is 20.5. The molecule has 2 fully saturated rings. The van der Waals surface area contributed by atoms with Gasteiger partial charge in [0.25, 0.3) is 0 Å². The van der Waals surface area contributed by atoms with E-state index in [0.29, 0.717) is 46.2 Å². The van der Waals surface area contributed by atoms with Gasteiger partial charge < -0.3 is 15.9 Å². The first-order valence-corrected chi connectivity index (χ1v) is 21.7. The van der Waals surface area contributed by atoms with Crippen molar-refractivity contribution in [2.24, 2.45) is 52.1 Å². The smallest absolute Gasteiger partial charge is 0.0482 e. The highest BCUT2D eigenvalue weighted by Crippen LogP contribution is 2.59. The molecule has 0 aliphatic heterocycles. The van der Waals surface area contributed by atoms with E-state index in [0.717, 1.165) is 21.2 Å². The number of hydrogen-bond acceptors (Lipinski definition) is 4. The van der Waals surface area contributed by atoms with Crippen molar-refractivity contribution in [3.8, 4) is 0 Å². The predicted octanol–water partition coefficient (Wildman–Crippen LogP) is 11.9. The zero-order valence-electron chi connectivity index (χ0n) is 35.6. The molecular weight excluding hydrogens is 741 g/mol. The number of benzene rings is 2. The summed E-state index contributed by atoms with van der Waals surface area (Å²) in [6.07, 6.45) is 2.41. The summed E-state index contributed by atoms with van der Waals surface area (Å²) in [5, 5.41) is 21.6. The standard InChI is InChI=1S/C25H41ClO2S.C20H32ClNO.ClH/c1-16(2)21(14-27)25(9,15-29(28)24(6,7)8)17-10-11-18(22(26)12-17)19-13-20(19)23(3,4)5;1-12(2)17(11-23)20(6,22)13-7-8-14(18(21)9-13)15-10-16(15)19(3,4)5;/h10-12,16,19-21,27H,13-15H2,1-9H3;7-9,12,15-17,23H,10-11,22H2,1-6H3;1H/t19-,20+,21?,25-,29+;15-,16+,17?,20-;/m00./s1. The number of rotatable bonds is 12. The first kappa shape index (κ1) is 48.5. The third-order valence-corrected chi connectivity index (χ3v) is 15.5. The average molecular weight is 816 g/mol. The first-order chi connectivity index (χ1) is 23.6. The fraction of sp³-hybridized carbons (Fsp3) is 0.733. The second kappa shape index (κ2) is 17.9. The molecule has 4 N–H and O–H groups in total. The van der Waals surface area contributed by atoms with Gasteiger partial charge in [0.1, 0.15) is 0 Å². The van der Waals surface area contributed by atoms with Gasteiger partial charge in [-0.15, -0.1) is 12.4 Å². The molecule has 2 unspecified atom stereocenters. The highest BCUT2D eigenvalue weighted by Gasteiger charge is 2.48. The Morgan fingerprint density at radius 2 is 1.08 bits per heavy atom. The summed E-state index contributed by atoms with van der Waals surface area (Å²) in [6, 6.07) is 12.7. The summed E-state index contributed by atoms with van der Waals surface area (Å²) < 4.78 is 12.8. The van der Waals surface area contributed by atoms with Crippen LogP contribution >= 0.6 is 35.6 Å². The van der Waals surface area contributed by atoms with Gasteiger partial charge in [-0.3, -0.25) is 4.21 Å². The van der Waals surface area contributed by atoms with Crippen molar-refractivity contribution in [2.75, 3.05) is 19.0 Å². The van der Waals surface area contributed by atoms with E-state index in [2.05, 4.69) is 106 Å². The fourth-order valence-corrected chi connectivity index (χ4v) is 10.7. The van der Waals surface area contributed by atoms with Crippen LogP contribution in [-0.2, 0) is 21.8 Å². The van der Waals surface area contributed by atoms with Crippen molar-refractivity contribution in [1.82, 2.24) is 0 Å². The van der Waals surface area contributed by atoms with Crippen LogP contribution in [0.25, 0.3) is 0 Å². The monoisotopic (exact) mass is 813 g/mol. The number of halogens is 3. The summed E-state index contributed by atoms with van der Waals surface area (Å²) in [6.45, 7) is 32.6. The lowest BCUT2D eigenvalue weighted by molar-refractivity contribution is 0.120. The van der Waals surface area contributed by atoms with Crippen LogP contribution in [0.3, 0.4) is 0 Å². The molecule has 2 aliphatic carbocycles. The average Bonchev–Trinajstić information content (AvgIpc) is 3.90. The van der Waals surface area contributed by atoms with Crippen LogP contribution in [-0.4, -0.2) is 38.1 Å². The predicted molar refractivity (Wildman–Crippen MR) is 233 cm³/mol. The third-order valence-electron chi connectivity index (χ3n) is 12.6. The molecule has 2 aromatic carbocycles. The summed E-state index contributed by atoms with van der Waals surface area (Å²) in [5.74, 6) is 3.60. The topological polar surface area (TPSA) is 83.5 Å². The van der Waals surface area contributed by atoms with E-state index >= 15 is 0 Å². The van der Waals surface area contributed by atoms with Crippen molar-refractivity contribution in [2.45, 2.75) is 144 Å². The Balaban J connectivity index is 0.000000369. The minimum atomic E-state index is -1.03. The molecule has 2 aliphatic rings. The highest BCUT2D eigenvalue weighted by molar-refractivity contribution is 7.86. The van der Waals surface area contributed by atoms with Crippen LogP contribution in [0.1, 0.15) is 151 Å². The Hall–Kier alpha value is -0.660. The quantitative estimate of drug-likeness (QED) is 0.199. The largest absolute Gasteiger partial charge is 0.396 e. The summed E-state index contributed by atoms with van der Waals surface area (Å²) in [5.41, 5.74) is 10.8. The molecule has 2 aromatic rings. The van der Waals surface area contributed by atoms with Gasteiger partial charge >= 0.3 is 0 Å². The molecule has 9 atom stereocenters. The molecule has 0 aromatic heterocycles. The SMILES string of the molecule is CC(C)C(CO)[C@@](C)(C[S@@](=O)C(C)(C)C)c1ccc([C@@H]2C[C@H]2C(C)(C)C)c(Cl)c1.CC(C)C(CO)[C@@](C)(N)c1ccc([C@@H]2C[C@H]2C(C)(C)C)c(Cl)c1.Cl. The highest BCUT2D eigenvalue weighted by atomic mass is 35.5. The fourth-order valence-electron chi connectivity index (χ4n) is 8.69. The zero-order valence-corrected chi connectivity index (χ0v) is 38.7. The van der Waals surface area contributed by atoms with Gasteiger partial charge in [-0.2, -0.15) is 0 Å². The van der Waals surface area contributed by atoms with E-state index in [1.54, 1.807) is 0 Å². The van der Waals surface area contributed by atoms with Gasteiger partial charge in [-0.1, -0.05) is 124 Å². The molecule has 304 valence electrons. The maximum atomic E-state index is 13.1. The van der Waals surface area contributed by atoms with E-state index in [-0.39, 0.29) is 48.1 Å². The first-order valence-electron chi connectivity index (χ1n) is 19.6. The number of aliphatic hydroxyl groups excluding tert-OH is 2.